The quantitative estimate of drug-likeness (QED) is 0.369. The molecule has 1 heterocycles. The standard InChI is InChI=1S/C19H16FNO5/c20-14-9-7-13(8-10-14)16(22)5-3-11-25-18(23)12-21-15-4-1-2-6-17(15)26-19(21)24/h1-2,4,6-10H,3,5,11-12H2. The molecule has 0 radical (unpaired) electrons. The first-order chi connectivity index (χ1) is 12.5. The van der Waals surface area contributed by atoms with E-state index in [-0.39, 0.29) is 25.4 Å². The van der Waals surface area contributed by atoms with Crippen LogP contribution in [0, 0.1) is 5.82 Å². The van der Waals surface area contributed by atoms with Gasteiger partial charge in [-0.3, -0.25) is 14.2 Å². The van der Waals surface area contributed by atoms with Crippen molar-refractivity contribution in [1.29, 1.82) is 0 Å². The number of rotatable bonds is 7. The number of ketones is 1. The normalized spacial score (nSPS) is 10.8. The number of para-hydroxylation sites is 2. The number of nitrogens with zero attached hydrogens (tertiary/aromatic N) is 1. The molecule has 0 aliphatic carbocycles. The monoisotopic (exact) mass is 357 g/mol. The average molecular weight is 357 g/mol. The number of aromatic nitrogens is 1. The molecule has 7 heteroatoms. The molecule has 2 aromatic carbocycles. The van der Waals surface area contributed by atoms with Crippen LogP contribution < -0.4 is 5.76 Å². The van der Waals surface area contributed by atoms with Gasteiger partial charge >= 0.3 is 11.7 Å². The maximum absolute atomic E-state index is 12.8. The molecule has 0 unspecified atom stereocenters. The minimum Gasteiger partial charge on any atom is -0.464 e. The van der Waals surface area contributed by atoms with E-state index in [0.29, 0.717) is 23.1 Å². The first-order valence-electron chi connectivity index (χ1n) is 8.07. The first kappa shape index (κ1) is 17.6. The van der Waals surface area contributed by atoms with Gasteiger partial charge in [-0.05, 0) is 42.8 Å². The molecule has 0 saturated heterocycles. The fourth-order valence-electron chi connectivity index (χ4n) is 2.54. The Hall–Kier alpha value is -3.22. The molecule has 6 nitrogen and oxygen atoms in total. The molecule has 0 atom stereocenters. The van der Waals surface area contributed by atoms with Gasteiger partial charge < -0.3 is 9.15 Å². The summed E-state index contributed by atoms with van der Waals surface area (Å²) in [6, 6.07) is 12.1. The number of hydrogen-bond acceptors (Lipinski definition) is 5. The Morgan fingerprint density at radius 2 is 1.81 bits per heavy atom. The van der Waals surface area contributed by atoms with Gasteiger partial charge in [-0.1, -0.05) is 12.1 Å². The summed E-state index contributed by atoms with van der Waals surface area (Å²) in [5.41, 5.74) is 1.32. The van der Waals surface area contributed by atoms with E-state index in [9.17, 15) is 18.8 Å². The predicted octanol–water partition coefficient (Wildman–Crippen LogP) is 2.94. The van der Waals surface area contributed by atoms with Crippen LogP contribution in [0.3, 0.4) is 0 Å². The molecule has 1 aromatic heterocycles. The van der Waals surface area contributed by atoms with E-state index in [1.54, 1.807) is 24.3 Å². The lowest BCUT2D eigenvalue weighted by Gasteiger charge is -2.05. The summed E-state index contributed by atoms with van der Waals surface area (Å²) in [4.78, 5) is 35.6. The van der Waals surface area contributed by atoms with Crippen molar-refractivity contribution in [3.8, 4) is 0 Å². The molecule has 134 valence electrons. The molecular formula is C19H16FNO5. The van der Waals surface area contributed by atoms with E-state index in [1.807, 2.05) is 0 Å². The molecule has 3 aromatic rings. The van der Waals surface area contributed by atoms with E-state index in [0.717, 1.165) is 0 Å². The number of esters is 1. The molecule has 3 rings (SSSR count). The zero-order valence-corrected chi connectivity index (χ0v) is 13.8. The highest BCUT2D eigenvalue weighted by Gasteiger charge is 2.13. The lowest BCUT2D eigenvalue weighted by atomic mass is 10.1. The van der Waals surface area contributed by atoms with Crippen LogP contribution in [0.4, 0.5) is 4.39 Å². The van der Waals surface area contributed by atoms with E-state index in [2.05, 4.69) is 0 Å². The van der Waals surface area contributed by atoms with Crippen LogP contribution in [0.1, 0.15) is 23.2 Å². The van der Waals surface area contributed by atoms with Gasteiger partial charge in [-0.2, -0.15) is 0 Å². The van der Waals surface area contributed by atoms with Crippen molar-refractivity contribution in [2.45, 2.75) is 19.4 Å². The number of hydrogen-bond donors (Lipinski definition) is 0. The van der Waals surface area contributed by atoms with Crippen molar-refractivity contribution in [3.63, 3.8) is 0 Å². The molecule has 0 fully saturated rings. The fourth-order valence-corrected chi connectivity index (χ4v) is 2.54. The van der Waals surface area contributed by atoms with E-state index in [1.165, 1.54) is 28.8 Å². The lowest BCUT2D eigenvalue weighted by Crippen LogP contribution is -2.22. The van der Waals surface area contributed by atoms with Gasteiger partial charge in [-0.25, -0.2) is 9.18 Å². The first-order valence-corrected chi connectivity index (χ1v) is 8.07. The van der Waals surface area contributed by atoms with Crippen molar-refractivity contribution in [2.24, 2.45) is 0 Å². The van der Waals surface area contributed by atoms with Crippen LogP contribution in [0.2, 0.25) is 0 Å². The SMILES string of the molecule is O=C(Cn1c(=O)oc2ccccc21)OCCCC(=O)c1ccc(F)cc1. The second-order valence-corrected chi connectivity index (χ2v) is 5.68. The van der Waals surface area contributed by atoms with Crippen LogP contribution in [0.5, 0.6) is 0 Å². The molecular weight excluding hydrogens is 341 g/mol. The van der Waals surface area contributed by atoms with E-state index < -0.39 is 17.5 Å². The Balaban J connectivity index is 1.48. The van der Waals surface area contributed by atoms with Crippen molar-refractivity contribution in [3.05, 3.63) is 70.5 Å². The zero-order valence-electron chi connectivity index (χ0n) is 13.8. The number of fused-ring (bicyclic) bond motifs is 1. The van der Waals surface area contributed by atoms with Gasteiger partial charge in [0.15, 0.2) is 11.4 Å². The fraction of sp³-hybridized carbons (Fsp3) is 0.211. The highest BCUT2D eigenvalue weighted by molar-refractivity contribution is 5.95. The maximum Gasteiger partial charge on any atom is 0.420 e. The van der Waals surface area contributed by atoms with Gasteiger partial charge in [0.2, 0.25) is 0 Å². The number of oxazole rings is 1. The molecule has 0 aliphatic rings. The summed E-state index contributed by atoms with van der Waals surface area (Å²) in [7, 11) is 0. The number of benzene rings is 2. The number of carbonyl (C=O) groups is 2. The van der Waals surface area contributed by atoms with Crippen molar-refractivity contribution < 1.29 is 23.1 Å². The van der Waals surface area contributed by atoms with Crippen molar-refractivity contribution >= 4 is 22.9 Å². The van der Waals surface area contributed by atoms with Crippen LogP contribution in [-0.4, -0.2) is 22.9 Å². The predicted molar refractivity (Wildman–Crippen MR) is 91.4 cm³/mol. The maximum atomic E-state index is 12.8. The third kappa shape index (κ3) is 4.05. The second kappa shape index (κ2) is 7.77. The Morgan fingerprint density at radius 1 is 1.08 bits per heavy atom. The summed E-state index contributed by atoms with van der Waals surface area (Å²) < 4.78 is 24.1. The summed E-state index contributed by atoms with van der Waals surface area (Å²) in [6.07, 6.45) is 0.510. The topological polar surface area (TPSA) is 78.5 Å². The molecule has 0 bridgehead atoms. The van der Waals surface area contributed by atoms with Crippen LogP contribution >= 0.6 is 0 Å². The molecule has 0 saturated carbocycles. The zero-order chi connectivity index (χ0) is 18.5. The third-order valence-electron chi connectivity index (χ3n) is 3.84. The van der Waals surface area contributed by atoms with Crippen LogP contribution in [0.15, 0.2) is 57.7 Å². The highest BCUT2D eigenvalue weighted by atomic mass is 19.1. The summed E-state index contributed by atoms with van der Waals surface area (Å²) >= 11 is 0. The number of carbonyl (C=O) groups excluding carboxylic acids is 2. The van der Waals surface area contributed by atoms with Crippen LogP contribution in [0.25, 0.3) is 11.1 Å². The minimum atomic E-state index is -0.630. The molecule has 26 heavy (non-hydrogen) atoms. The van der Waals surface area contributed by atoms with Gasteiger partial charge in [0.05, 0.1) is 12.1 Å². The molecule has 0 aliphatic heterocycles. The number of Topliss-reactive ketones (excluding diaryl/α,β-unsaturated/α-hetero) is 1. The van der Waals surface area contributed by atoms with E-state index in [4.69, 9.17) is 9.15 Å². The molecule has 0 amide bonds. The lowest BCUT2D eigenvalue weighted by molar-refractivity contribution is -0.144. The Bertz CT molecular complexity index is 987. The summed E-state index contributed by atoms with van der Waals surface area (Å²) in [6.45, 7) is -0.210. The number of ether oxygens (including phenoxy) is 1. The van der Waals surface area contributed by atoms with Gasteiger partial charge in [-0.15, -0.1) is 0 Å². The Morgan fingerprint density at radius 3 is 2.58 bits per heavy atom. The van der Waals surface area contributed by atoms with Crippen molar-refractivity contribution in [2.75, 3.05) is 6.61 Å². The summed E-state index contributed by atoms with van der Waals surface area (Å²) in [5, 5.41) is 0. The number of halogens is 1. The average Bonchev–Trinajstić information content (AvgIpc) is 2.95. The largest absolute Gasteiger partial charge is 0.464 e. The van der Waals surface area contributed by atoms with E-state index >= 15 is 0 Å². The van der Waals surface area contributed by atoms with Gasteiger partial charge in [0.25, 0.3) is 0 Å². The minimum absolute atomic E-state index is 0.0519. The van der Waals surface area contributed by atoms with Crippen molar-refractivity contribution in [1.82, 2.24) is 4.57 Å². The Labute approximate surface area is 147 Å². The smallest absolute Gasteiger partial charge is 0.420 e. The summed E-state index contributed by atoms with van der Waals surface area (Å²) in [5.74, 6) is -1.78. The molecule has 0 spiro atoms. The molecule has 0 N–H and O–H groups in total. The Kier molecular flexibility index (Phi) is 5.26. The van der Waals surface area contributed by atoms with Crippen LogP contribution in [-0.2, 0) is 16.1 Å². The highest BCUT2D eigenvalue weighted by Crippen LogP contribution is 2.12. The second-order valence-electron chi connectivity index (χ2n) is 5.68. The van der Waals surface area contributed by atoms with Gasteiger partial charge in [0, 0.05) is 12.0 Å². The third-order valence-corrected chi connectivity index (χ3v) is 3.84. The van der Waals surface area contributed by atoms with Gasteiger partial charge in [0.1, 0.15) is 12.4 Å².